The molecule has 0 aromatic carbocycles. The molecular weight excluding hydrogens is 254 g/mol. The molecular formula is C12H21NO6. The Morgan fingerprint density at radius 1 is 1.16 bits per heavy atom. The number of carbonyl (C=O) groups is 3. The van der Waals surface area contributed by atoms with Crippen LogP contribution in [-0.4, -0.2) is 46.3 Å². The van der Waals surface area contributed by atoms with Crippen LogP contribution in [0.2, 0.25) is 0 Å². The maximum absolute atomic E-state index is 11.6. The first kappa shape index (κ1) is 17.4. The second-order valence-corrected chi connectivity index (χ2v) is 4.83. The van der Waals surface area contributed by atoms with Gasteiger partial charge in [-0.15, -0.1) is 0 Å². The van der Waals surface area contributed by atoms with E-state index in [4.69, 9.17) is 9.84 Å². The minimum absolute atomic E-state index is 0.337. The lowest BCUT2D eigenvalue weighted by Gasteiger charge is -2.19. The van der Waals surface area contributed by atoms with Crippen molar-refractivity contribution in [3.8, 4) is 0 Å². The Labute approximate surface area is 111 Å². The van der Waals surface area contributed by atoms with E-state index in [1.807, 2.05) is 0 Å². The monoisotopic (exact) mass is 275 g/mol. The zero-order valence-electron chi connectivity index (χ0n) is 11.5. The van der Waals surface area contributed by atoms with Crippen molar-refractivity contribution in [1.29, 1.82) is 0 Å². The van der Waals surface area contributed by atoms with Gasteiger partial charge in [-0.2, -0.15) is 0 Å². The summed E-state index contributed by atoms with van der Waals surface area (Å²) in [7, 11) is 0. The lowest BCUT2D eigenvalue weighted by atomic mass is 10.0. The van der Waals surface area contributed by atoms with Crippen molar-refractivity contribution >= 4 is 17.8 Å². The molecule has 7 heteroatoms. The summed E-state index contributed by atoms with van der Waals surface area (Å²) in [6.07, 6.45) is -2.47. The van der Waals surface area contributed by atoms with Gasteiger partial charge in [0, 0.05) is 0 Å². The van der Waals surface area contributed by atoms with Crippen LogP contribution >= 0.6 is 0 Å². The van der Waals surface area contributed by atoms with Gasteiger partial charge in [0.2, 0.25) is 5.91 Å². The smallest absolute Gasteiger partial charge is 0.326 e. The molecule has 0 saturated carbocycles. The summed E-state index contributed by atoms with van der Waals surface area (Å²) in [5, 5.41) is 20.6. The predicted molar refractivity (Wildman–Crippen MR) is 66.3 cm³/mol. The van der Waals surface area contributed by atoms with Gasteiger partial charge in [-0.25, -0.2) is 4.79 Å². The average Bonchev–Trinajstić information content (AvgIpc) is 2.22. The molecule has 0 aliphatic rings. The van der Waals surface area contributed by atoms with Crippen molar-refractivity contribution in [2.24, 2.45) is 5.92 Å². The van der Waals surface area contributed by atoms with Gasteiger partial charge in [0.1, 0.15) is 12.1 Å². The number of carboxylic acids is 1. The number of hydrogen-bond donors (Lipinski definition) is 3. The average molecular weight is 275 g/mol. The van der Waals surface area contributed by atoms with Crippen LogP contribution in [0.25, 0.3) is 0 Å². The SMILES string of the molecule is CC(C)OC(=O)CC(O)C(=O)NC(C(=O)O)C(C)C. The number of carboxylic acid groups (broad SMARTS) is 1. The molecule has 0 heterocycles. The Kier molecular flexibility index (Phi) is 7.06. The highest BCUT2D eigenvalue weighted by Crippen LogP contribution is 2.04. The van der Waals surface area contributed by atoms with Gasteiger partial charge < -0.3 is 20.3 Å². The summed E-state index contributed by atoms with van der Waals surface area (Å²) >= 11 is 0. The zero-order chi connectivity index (χ0) is 15.2. The van der Waals surface area contributed by atoms with Crippen LogP contribution in [0.4, 0.5) is 0 Å². The molecule has 0 aromatic rings. The largest absolute Gasteiger partial charge is 0.480 e. The number of hydrogen-bond acceptors (Lipinski definition) is 5. The van der Waals surface area contributed by atoms with Crippen LogP contribution in [0.3, 0.4) is 0 Å². The van der Waals surface area contributed by atoms with Gasteiger partial charge in [-0.05, 0) is 19.8 Å². The van der Waals surface area contributed by atoms with Gasteiger partial charge in [0.15, 0.2) is 0 Å². The fourth-order valence-corrected chi connectivity index (χ4v) is 1.32. The first-order valence-electron chi connectivity index (χ1n) is 6.05. The van der Waals surface area contributed by atoms with Crippen molar-refractivity contribution in [3.63, 3.8) is 0 Å². The molecule has 0 spiro atoms. The highest BCUT2D eigenvalue weighted by Gasteiger charge is 2.28. The summed E-state index contributed by atoms with van der Waals surface area (Å²) < 4.78 is 4.78. The molecule has 0 saturated heterocycles. The number of aliphatic hydroxyl groups excluding tert-OH is 1. The van der Waals surface area contributed by atoms with E-state index in [-0.39, 0.29) is 12.0 Å². The third kappa shape index (κ3) is 6.76. The molecule has 3 N–H and O–H groups in total. The minimum atomic E-state index is -1.62. The number of esters is 1. The highest BCUT2D eigenvalue weighted by molar-refractivity contribution is 5.89. The molecule has 7 nitrogen and oxygen atoms in total. The Bertz CT molecular complexity index is 339. The second kappa shape index (κ2) is 7.73. The predicted octanol–water partition coefficient (Wildman–Crippen LogP) is -0.0856. The van der Waals surface area contributed by atoms with Gasteiger partial charge in [-0.3, -0.25) is 9.59 Å². The van der Waals surface area contributed by atoms with E-state index < -0.39 is 36.4 Å². The van der Waals surface area contributed by atoms with Crippen LogP contribution in [-0.2, 0) is 19.1 Å². The zero-order valence-corrected chi connectivity index (χ0v) is 11.5. The van der Waals surface area contributed by atoms with Crippen molar-refractivity contribution in [1.82, 2.24) is 5.32 Å². The molecule has 0 aromatic heterocycles. The van der Waals surface area contributed by atoms with Crippen molar-refractivity contribution in [2.45, 2.75) is 52.4 Å². The Balaban J connectivity index is 4.41. The summed E-state index contributed by atoms with van der Waals surface area (Å²) in [5.74, 6) is -3.15. The summed E-state index contributed by atoms with van der Waals surface area (Å²) in [5.41, 5.74) is 0. The number of aliphatic carboxylic acids is 1. The normalized spacial score (nSPS) is 14.1. The van der Waals surface area contributed by atoms with Gasteiger partial charge in [-0.1, -0.05) is 13.8 Å². The van der Waals surface area contributed by atoms with Crippen LogP contribution < -0.4 is 5.32 Å². The Morgan fingerprint density at radius 2 is 1.68 bits per heavy atom. The Hall–Kier alpha value is -1.63. The molecule has 0 bridgehead atoms. The molecule has 0 rings (SSSR count). The van der Waals surface area contributed by atoms with Crippen LogP contribution in [0, 0.1) is 5.92 Å². The van der Waals surface area contributed by atoms with Crippen LogP contribution in [0.1, 0.15) is 34.1 Å². The summed E-state index contributed by atoms with van der Waals surface area (Å²) in [6, 6.07) is -1.11. The van der Waals surface area contributed by atoms with Gasteiger partial charge in [0.25, 0.3) is 0 Å². The van der Waals surface area contributed by atoms with E-state index >= 15 is 0 Å². The van der Waals surface area contributed by atoms with Crippen LogP contribution in [0.5, 0.6) is 0 Å². The van der Waals surface area contributed by atoms with Gasteiger partial charge in [0.05, 0.1) is 12.5 Å². The minimum Gasteiger partial charge on any atom is -0.480 e. The Morgan fingerprint density at radius 3 is 2.05 bits per heavy atom. The molecule has 110 valence electrons. The molecule has 2 atom stereocenters. The second-order valence-electron chi connectivity index (χ2n) is 4.83. The molecule has 0 fully saturated rings. The highest BCUT2D eigenvalue weighted by atomic mass is 16.5. The maximum atomic E-state index is 11.6. The van der Waals surface area contributed by atoms with E-state index in [0.717, 1.165) is 0 Å². The van der Waals surface area contributed by atoms with Crippen molar-refractivity contribution in [2.75, 3.05) is 0 Å². The maximum Gasteiger partial charge on any atom is 0.326 e. The molecule has 19 heavy (non-hydrogen) atoms. The number of carbonyl (C=O) groups excluding carboxylic acids is 2. The quantitative estimate of drug-likeness (QED) is 0.560. The lowest BCUT2D eigenvalue weighted by molar-refractivity contribution is -0.153. The summed E-state index contributed by atoms with van der Waals surface area (Å²) in [4.78, 5) is 33.7. The standard InChI is InChI=1S/C12H21NO6/c1-6(2)10(12(17)18)13-11(16)8(14)5-9(15)19-7(3)4/h6-8,10,14H,5H2,1-4H3,(H,13,16)(H,17,18). The summed E-state index contributed by atoms with van der Waals surface area (Å²) in [6.45, 7) is 6.53. The topological polar surface area (TPSA) is 113 Å². The lowest BCUT2D eigenvalue weighted by Crippen LogP contribution is -2.48. The number of aliphatic hydroxyl groups is 1. The fourth-order valence-electron chi connectivity index (χ4n) is 1.32. The van der Waals surface area contributed by atoms with E-state index in [9.17, 15) is 19.5 Å². The number of rotatable bonds is 7. The third-order valence-electron chi connectivity index (χ3n) is 2.26. The third-order valence-corrected chi connectivity index (χ3v) is 2.26. The molecule has 1 amide bonds. The molecule has 0 radical (unpaired) electrons. The number of nitrogens with one attached hydrogen (secondary N) is 1. The van der Waals surface area contributed by atoms with Crippen molar-refractivity contribution < 1.29 is 29.3 Å². The van der Waals surface area contributed by atoms with Crippen LogP contribution in [0.15, 0.2) is 0 Å². The van der Waals surface area contributed by atoms with E-state index in [2.05, 4.69) is 5.32 Å². The number of amides is 1. The molecule has 0 aliphatic carbocycles. The first-order chi connectivity index (χ1) is 8.65. The van der Waals surface area contributed by atoms with E-state index in [0.29, 0.717) is 0 Å². The van der Waals surface area contributed by atoms with E-state index in [1.54, 1.807) is 27.7 Å². The van der Waals surface area contributed by atoms with Crippen molar-refractivity contribution in [3.05, 3.63) is 0 Å². The first-order valence-corrected chi connectivity index (χ1v) is 6.05. The number of ether oxygens (including phenoxy) is 1. The van der Waals surface area contributed by atoms with Gasteiger partial charge >= 0.3 is 11.9 Å². The molecule has 0 aliphatic heterocycles. The fraction of sp³-hybridized carbons (Fsp3) is 0.750. The van der Waals surface area contributed by atoms with E-state index in [1.165, 1.54) is 0 Å². The molecule has 2 unspecified atom stereocenters.